The van der Waals surface area contributed by atoms with Crippen LogP contribution in [-0.4, -0.2) is 5.12 Å². The van der Waals surface area contributed by atoms with E-state index in [1.54, 1.807) is 0 Å². The molecule has 0 saturated heterocycles. The minimum absolute atomic E-state index is 0. The number of halogens is 1. The van der Waals surface area contributed by atoms with Gasteiger partial charge in [0.15, 0.2) is 5.12 Å². The fourth-order valence-corrected chi connectivity index (χ4v) is 0.853. The molecule has 0 amide bonds. The lowest BCUT2D eigenvalue weighted by molar-refractivity contribution is -0.110. The zero-order valence-corrected chi connectivity index (χ0v) is 5.22. The molecule has 0 aromatic rings. The quantitative estimate of drug-likeness (QED) is 0.503. The summed E-state index contributed by atoms with van der Waals surface area (Å²) in [6, 6.07) is 0. The first-order valence-electron chi connectivity index (χ1n) is 1.74. The molecule has 1 rings (SSSR count). The molecule has 0 bridgehead atoms. The minimum Gasteiger partial charge on any atom is -0.287 e. The molecule has 0 N–H and O–H groups in total. The lowest BCUT2D eigenvalue weighted by atomic mass is 10.5. The summed E-state index contributed by atoms with van der Waals surface area (Å²) < 4.78 is 0. The summed E-state index contributed by atoms with van der Waals surface area (Å²) in [5.74, 6) is 0. The second kappa shape index (κ2) is 3.10. The van der Waals surface area contributed by atoms with Gasteiger partial charge in [0.05, 0.1) is 0 Å². The van der Waals surface area contributed by atoms with E-state index in [9.17, 15) is 4.79 Å². The molecule has 0 atom stereocenters. The molecule has 0 radical (unpaired) electrons. The maximum atomic E-state index is 10.1. The first kappa shape index (κ1) is 7.05. The van der Waals surface area contributed by atoms with Crippen molar-refractivity contribution >= 4 is 29.3 Å². The average Bonchev–Trinajstić information content (AvgIpc) is 1.86. The SMILES string of the molecule is Cl.O=C1CC=CS1. The molecule has 1 heterocycles. The van der Waals surface area contributed by atoms with Crippen LogP contribution in [-0.2, 0) is 4.79 Å². The van der Waals surface area contributed by atoms with Crippen LogP contribution in [0.3, 0.4) is 0 Å². The Labute approximate surface area is 52.6 Å². The molecule has 0 aromatic carbocycles. The third kappa shape index (κ3) is 2.00. The molecule has 1 aliphatic rings. The van der Waals surface area contributed by atoms with Crippen LogP contribution < -0.4 is 0 Å². The molecule has 0 unspecified atom stereocenters. The molecule has 40 valence electrons. The number of carbonyl (C=O) groups is 1. The Bertz CT molecular complexity index is 89.9. The number of hydrogen-bond donors (Lipinski definition) is 0. The van der Waals surface area contributed by atoms with E-state index in [0.717, 1.165) is 0 Å². The highest BCUT2D eigenvalue weighted by molar-refractivity contribution is 8.16. The summed E-state index contributed by atoms with van der Waals surface area (Å²) in [7, 11) is 0. The zero-order valence-electron chi connectivity index (χ0n) is 3.59. The summed E-state index contributed by atoms with van der Waals surface area (Å²) in [5, 5.41) is 2.08. The van der Waals surface area contributed by atoms with Gasteiger partial charge >= 0.3 is 0 Å². The summed E-state index contributed by atoms with van der Waals surface area (Å²) >= 11 is 1.28. The van der Waals surface area contributed by atoms with Gasteiger partial charge in [0.1, 0.15) is 0 Å². The van der Waals surface area contributed by atoms with Crippen molar-refractivity contribution in [2.24, 2.45) is 0 Å². The van der Waals surface area contributed by atoms with E-state index in [2.05, 4.69) is 0 Å². The minimum atomic E-state index is 0. The average molecular weight is 137 g/mol. The molecule has 0 spiro atoms. The second-order valence-corrected chi connectivity index (χ2v) is 2.03. The molecule has 7 heavy (non-hydrogen) atoms. The molecule has 0 saturated carbocycles. The molecule has 1 aliphatic heterocycles. The highest BCUT2D eigenvalue weighted by Gasteiger charge is 2.00. The largest absolute Gasteiger partial charge is 0.287 e. The first-order chi connectivity index (χ1) is 2.89. The summed E-state index contributed by atoms with van der Waals surface area (Å²) in [5.41, 5.74) is 0. The first-order valence-corrected chi connectivity index (χ1v) is 2.62. The topological polar surface area (TPSA) is 17.1 Å². The van der Waals surface area contributed by atoms with Gasteiger partial charge in [-0.05, 0) is 5.41 Å². The third-order valence-electron chi connectivity index (χ3n) is 0.580. The Hall–Kier alpha value is 0.0500. The normalized spacial score (nSPS) is 16.9. The lowest BCUT2D eigenvalue weighted by Gasteiger charge is -1.71. The van der Waals surface area contributed by atoms with Crippen LogP contribution in [0.4, 0.5) is 0 Å². The van der Waals surface area contributed by atoms with Crippen molar-refractivity contribution < 1.29 is 4.79 Å². The summed E-state index contributed by atoms with van der Waals surface area (Å²) in [6.07, 6.45) is 2.50. The third-order valence-corrected chi connectivity index (χ3v) is 1.34. The Morgan fingerprint density at radius 3 is 2.57 bits per heavy atom. The van der Waals surface area contributed by atoms with Crippen LogP contribution in [0, 0.1) is 0 Å². The van der Waals surface area contributed by atoms with E-state index < -0.39 is 0 Å². The Kier molecular flexibility index (Phi) is 3.13. The number of allylic oxidation sites excluding steroid dienone is 1. The van der Waals surface area contributed by atoms with Gasteiger partial charge in [0, 0.05) is 6.42 Å². The Balaban J connectivity index is 0.000000360. The zero-order chi connectivity index (χ0) is 4.41. The highest BCUT2D eigenvalue weighted by Crippen LogP contribution is 2.14. The van der Waals surface area contributed by atoms with Gasteiger partial charge in [-0.2, -0.15) is 0 Å². The molecule has 3 heteroatoms. The van der Waals surface area contributed by atoms with Crippen LogP contribution in [0.5, 0.6) is 0 Å². The van der Waals surface area contributed by atoms with Crippen LogP contribution in [0.25, 0.3) is 0 Å². The van der Waals surface area contributed by atoms with Gasteiger partial charge < -0.3 is 0 Å². The van der Waals surface area contributed by atoms with Crippen LogP contribution in [0.2, 0.25) is 0 Å². The number of thioether (sulfide) groups is 1. The number of hydrogen-bond acceptors (Lipinski definition) is 2. The van der Waals surface area contributed by atoms with Gasteiger partial charge in [-0.25, -0.2) is 0 Å². The van der Waals surface area contributed by atoms with Crippen LogP contribution in [0.15, 0.2) is 11.5 Å². The van der Waals surface area contributed by atoms with Crippen molar-refractivity contribution in [2.75, 3.05) is 0 Å². The van der Waals surface area contributed by atoms with E-state index in [1.807, 2.05) is 11.5 Å². The van der Waals surface area contributed by atoms with Crippen molar-refractivity contribution in [3.8, 4) is 0 Å². The van der Waals surface area contributed by atoms with Crippen molar-refractivity contribution in [1.29, 1.82) is 0 Å². The molecule has 1 nitrogen and oxygen atoms in total. The predicted molar refractivity (Wildman–Crippen MR) is 33.6 cm³/mol. The smallest absolute Gasteiger partial charge is 0.196 e. The monoisotopic (exact) mass is 136 g/mol. The maximum Gasteiger partial charge on any atom is 0.196 e. The van der Waals surface area contributed by atoms with Crippen molar-refractivity contribution in [2.45, 2.75) is 6.42 Å². The molecule has 0 aromatic heterocycles. The molecular weight excluding hydrogens is 132 g/mol. The van der Waals surface area contributed by atoms with E-state index in [4.69, 9.17) is 0 Å². The van der Waals surface area contributed by atoms with E-state index >= 15 is 0 Å². The standard InChI is InChI=1S/C4H4OS.ClH/c5-4-2-1-3-6-4;/h1,3H,2H2;1H. The van der Waals surface area contributed by atoms with Gasteiger partial charge in [-0.15, -0.1) is 12.4 Å². The molecule has 0 aliphatic carbocycles. The van der Waals surface area contributed by atoms with E-state index in [0.29, 0.717) is 6.42 Å². The number of carbonyl (C=O) groups excluding carboxylic acids is 1. The predicted octanol–water partition coefficient (Wildman–Crippen LogP) is 1.59. The van der Waals surface area contributed by atoms with Gasteiger partial charge in [0.2, 0.25) is 0 Å². The van der Waals surface area contributed by atoms with Crippen molar-refractivity contribution in [1.82, 2.24) is 0 Å². The Morgan fingerprint density at radius 1 is 1.71 bits per heavy atom. The fourth-order valence-electron chi connectivity index (χ4n) is 0.316. The van der Waals surface area contributed by atoms with Crippen molar-refractivity contribution in [3.63, 3.8) is 0 Å². The van der Waals surface area contributed by atoms with E-state index in [-0.39, 0.29) is 17.5 Å². The number of rotatable bonds is 0. The van der Waals surface area contributed by atoms with Gasteiger partial charge in [0.25, 0.3) is 0 Å². The van der Waals surface area contributed by atoms with Crippen LogP contribution in [0.1, 0.15) is 6.42 Å². The van der Waals surface area contributed by atoms with Gasteiger partial charge in [-0.3, -0.25) is 4.79 Å². The van der Waals surface area contributed by atoms with Crippen LogP contribution >= 0.6 is 24.2 Å². The second-order valence-electron chi connectivity index (χ2n) is 1.07. The molecule has 0 fully saturated rings. The maximum absolute atomic E-state index is 10.1. The molecular formula is C4H5ClOS. The summed E-state index contributed by atoms with van der Waals surface area (Å²) in [4.78, 5) is 10.1. The lowest BCUT2D eigenvalue weighted by Crippen LogP contribution is -1.75. The summed E-state index contributed by atoms with van der Waals surface area (Å²) in [6.45, 7) is 0. The fraction of sp³-hybridized carbons (Fsp3) is 0.250. The Morgan fingerprint density at radius 2 is 2.43 bits per heavy atom. The van der Waals surface area contributed by atoms with Gasteiger partial charge in [-0.1, -0.05) is 17.8 Å². The van der Waals surface area contributed by atoms with E-state index in [1.165, 1.54) is 11.8 Å². The highest BCUT2D eigenvalue weighted by atomic mass is 35.5. The van der Waals surface area contributed by atoms with Crippen molar-refractivity contribution in [3.05, 3.63) is 11.5 Å².